The van der Waals surface area contributed by atoms with Crippen molar-refractivity contribution in [2.45, 2.75) is 123 Å². The van der Waals surface area contributed by atoms with Crippen LogP contribution in [0.1, 0.15) is 134 Å². The standard InChI is InChI=1S/C25H44/c1-5-7-8-9-10-11-12-13-14-15-16-17-23(6-2)25-20-18-24(19-21-25)22(3)4/h18-23H,5-17H2,1-4H3. The molecule has 0 aromatic heterocycles. The highest BCUT2D eigenvalue weighted by molar-refractivity contribution is 5.27. The first-order valence-corrected chi connectivity index (χ1v) is 11.3. The van der Waals surface area contributed by atoms with Crippen molar-refractivity contribution in [2.24, 2.45) is 0 Å². The predicted molar refractivity (Wildman–Crippen MR) is 115 cm³/mol. The SMILES string of the molecule is CCCCCCCCCCCCCC(CC)c1ccc(C(C)C)cc1. The smallest absolute Gasteiger partial charge is 0.0165 e. The lowest BCUT2D eigenvalue weighted by atomic mass is 9.89. The molecule has 0 spiro atoms. The molecular weight excluding hydrogens is 300 g/mol. The average Bonchev–Trinajstić information content (AvgIpc) is 2.63. The van der Waals surface area contributed by atoms with Crippen LogP contribution in [0.15, 0.2) is 24.3 Å². The zero-order chi connectivity index (χ0) is 18.3. The number of unbranched alkanes of at least 4 members (excludes halogenated alkanes) is 10. The minimum atomic E-state index is 0.640. The molecular formula is C25H44. The van der Waals surface area contributed by atoms with Crippen molar-refractivity contribution in [1.82, 2.24) is 0 Å². The summed E-state index contributed by atoms with van der Waals surface area (Å²) < 4.78 is 0. The van der Waals surface area contributed by atoms with E-state index in [0.29, 0.717) is 5.92 Å². The summed E-state index contributed by atoms with van der Waals surface area (Å²) in [5.74, 6) is 1.40. The van der Waals surface area contributed by atoms with E-state index < -0.39 is 0 Å². The Kier molecular flexibility index (Phi) is 12.8. The Hall–Kier alpha value is -0.780. The van der Waals surface area contributed by atoms with Gasteiger partial charge in [-0.05, 0) is 35.8 Å². The van der Waals surface area contributed by atoms with Crippen LogP contribution >= 0.6 is 0 Å². The van der Waals surface area contributed by atoms with Crippen LogP contribution < -0.4 is 0 Å². The molecule has 0 amide bonds. The lowest BCUT2D eigenvalue weighted by Gasteiger charge is -2.16. The van der Waals surface area contributed by atoms with E-state index in [4.69, 9.17) is 0 Å². The Morgan fingerprint density at radius 1 is 0.600 bits per heavy atom. The van der Waals surface area contributed by atoms with E-state index in [1.807, 2.05) is 0 Å². The van der Waals surface area contributed by atoms with Crippen LogP contribution in [0.5, 0.6) is 0 Å². The van der Waals surface area contributed by atoms with Crippen LogP contribution in [0, 0.1) is 0 Å². The molecule has 0 saturated heterocycles. The van der Waals surface area contributed by atoms with Crippen molar-refractivity contribution >= 4 is 0 Å². The molecule has 1 aromatic rings. The third kappa shape index (κ3) is 10.1. The summed E-state index contributed by atoms with van der Waals surface area (Å²) in [4.78, 5) is 0. The van der Waals surface area contributed by atoms with E-state index in [1.165, 1.54) is 89.0 Å². The van der Waals surface area contributed by atoms with Gasteiger partial charge in [-0.25, -0.2) is 0 Å². The van der Waals surface area contributed by atoms with Gasteiger partial charge in [-0.1, -0.05) is 123 Å². The predicted octanol–water partition coefficient (Wildman–Crippen LogP) is 9.00. The summed E-state index contributed by atoms with van der Waals surface area (Å²) in [6.45, 7) is 9.19. The monoisotopic (exact) mass is 344 g/mol. The molecule has 0 aliphatic heterocycles. The van der Waals surface area contributed by atoms with Crippen LogP contribution in [0.25, 0.3) is 0 Å². The molecule has 0 aliphatic rings. The van der Waals surface area contributed by atoms with E-state index in [9.17, 15) is 0 Å². The van der Waals surface area contributed by atoms with Gasteiger partial charge in [0.05, 0.1) is 0 Å². The molecule has 0 heteroatoms. The van der Waals surface area contributed by atoms with Gasteiger partial charge in [0.2, 0.25) is 0 Å². The zero-order valence-corrected chi connectivity index (χ0v) is 17.7. The van der Waals surface area contributed by atoms with E-state index in [1.54, 1.807) is 5.56 Å². The Bertz CT molecular complexity index is 401. The second kappa shape index (κ2) is 14.4. The maximum atomic E-state index is 2.38. The molecule has 0 bridgehead atoms. The first kappa shape index (κ1) is 22.3. The quantitative estimate of drug-likeness (QED) is 0.278. The Labute approximate surface area is 158 Å². The van der Waals surface area contributed by atoms with Gasteiger partial charge in [0.25, 0.3) is 0 Å². The number of hydrogen-bond acceptors (Lipinski definition) is 0. The molecule has 0 radical (unpaired) electrons. The highest BCUT2D eigenvalue weighted by Crippen LogP contribution is 2.27. The van der Waals surface area contributed by atoms with Gasteiger partial charge >= 0.3 is 0 Å². The van der Waals surface area contributed by atoms with Crippen molar-refractivity contribution < 1.29 is 0 Å². The molecule has 0 nitrogen and oxygen atoms in total. The lowest BCUT2D eigenvalue weighted by Crippen LogP contribution is -1.98. The van der Waals surface area contributed by atoms with E-state index in [0.717, 1.165) is 5.92 Å². The minimum absolute atomic E-state index is 0.640. The molecule has 0 heterocycles. The highest BCUT2D eigenvalue weighted by Gasteiger charge is 2.09. The minimum Gasteiger partial charge on any atom is -0.0654 e. The van der Waals surface area contributed by atoms with Crippen LogP contribution in [0.4, 0.5) is 0 Å². The molecule has 1 aromatic carbocycles. The number of benzene rings is 1. The van der Waals surface area contributed by atoms with Crippen molar-refractivity contribution in [3.05, 3.63) is 35.4 Å². The Morgan fingerprint density at radius 3 is 1.48 bits per heavy atom. The van der Waals surface area contributed by atoms with Crippen molar-refractivity contribution in [1.29, 1.82) is 0 Å². The summed E-state index contributed by atoms with van der Waals surface area (Å²) in [7, 11) is 0. The molecule has 0 aliphatic carbocycles. The normalized spacial score (nSPS) is 12.7. The molecule has 0 fully saturated rings. The van der Waals surface area contributed by atoms with Gasteiger partial charge in [-0.3, -0.25) is 0 Å². The van der Waals surface area contributed by atoms with Crippen molar-refractivity contribution in [3.8, 4) is 0 Å². The molecule has 1 rings (SSSR count). The number of rotatable bonds is 15. The molecule has 25 heavy (non-hydrogen) atoms. The summed E-state index contributed by atoms with van der Waals surface area (Å²) in [6.07, 6.45) is 18.5. The Balaban J connectivity index is 2.09. The first-order chi connectivity index (χ1) is 12.2. The van der Waals surface area contributed by atoms with Crippen LogP contribution in [-0.4, -0.2) is 0 Å². The third-order valence-corrected chi connectivity index (χ3v) is 5.72. The van der Waals surface area contributed by atoms with Gasteiger partial charge < -0.3 is 0 Å². The fourth-order valence-electron chi connectivity index (χ4n) is 3.81. The van der Waals surface area contributed by atoms with Crippen LogP contribution in [0.2, 0.25) is 0 Å². The maximum absolute atomic E-state index is 2.38. The highest BCUT2D eigenvalue weighted by atomic mass is 14.1. The summed E-state index contributed by atoms with van der Waals surface area (Å²) in [5.41, 5.74) is 3.02. The third-order valence-electron chi connectivity index (χ3n) is 5.72. The molecule has 1 unspecified atom stereocenters. The first-order valence-electron chi connectivity index (χ1n) is 11.3. The maximum Gasteiger partial charge on any atom is -0.0165 e. The van der Waals surface area contributed by atoms with Gasteiger partial charge in [0, 0.05) is 0 Å². The molecule has 0 saturated carbocycles. The lowest BCUT2D eigenvalue weighted by molar-refractivity contribution is 0.516. The average molecular weight is 345 g/mol. The van der Waals surface area contributed by atoms with Gasteiger partial charge in [0.1, 0.15) is 0 Å². The van der Waals surface area contributed by atoms with Crippen LogP contribution in [-0.2, 0) is 0 Å². The topological polar surface area (TPSA) is 0 Å². The van der Waals surface area contributed by atoms with Crippen LogP contribution in [0.3, 0.4) is 0 Å². The van der Waals surface area contributed by atoms with Crippen molar-refractivity contribution in [3.63, 3.8) is 0 Å². The fraction of sp³-hybridized carbons (Fsp3) is 0.760. The number of hydrogen-bond donors (Lipinski definition) is 0. The van der Waals surface area contributed by atoms with E-state index in [-0.39, 0.29) is 0 Å². The molecule has 0 N–H and O–H groups in total. The van der Waals surface area contributed by atoms with E-state index >= 15 is 0 Å². The van der Waals surface area contributed by atoms with Gasteiger partial charge in [-0.15, -0.1) is 0 Å². The second-order valence-corrected chi connectivity index (χ2v) is 8.25. The van der Waals surface area contributed by atoms with E-state index in [2.05, 4.69) is 52.0 Å². The molecule has 1 atom stereocenters. The summed E-state index contributed by atoms with van der Waals surface area (Å²) in [6, 6.07) is 9.43. The fourth-order valence-corrected chi connectivity index (χ4v) is 3.81. The summed E-state index contributed by atoms with van der Waals surface area (Å²) >= 11 is 0. The largest absolute Gasteiger partial charge is 0.0654 e. The summed E-state index contributed by atoms with van der Waals surface area (Å²) in [5, 5.41) is 0. The van der Waals surface area contributed by atoms with Gasteiger partial charge in [-0.2, -0.15) is 0 Å². The van der Waals surface area contributed by atoms with Gasteiger partial charge in [0.15, 0.2) is 0 Å². The zero-order valence-electron chi connectivity index (χ0n) is 17.7. The Morgan fingerprint density at radius 2 is 1.04 bits per heavy atom. The molecule has 144 valence electrons. The second-order valence-electron chi connectivity index (χ2n) is 8.25. The van der Waals surface area contributed by atoms with Crippen molar-refractivity contribution in [2.75, 3.05) is 0 Å².